The molecule has 4 aromatic rings. The van der Waals surface area contributed by atoms with Crippen LogP contribution in [0.3, 0.4) is 0 Å². The molecule has 0 aliphatic carbocycles. The third kappa shape index (κ3) is 4.68. The number of benzene rings is 3. The SMILES string of the molecule is Cc1ccc(S(C)(=O)=O)cc1C(=O)N(CCc1ccccc1)c1nc2ccccc2s1. The van der Waals surface area contributed by atoms with Crippen LogP contribution in [-0.4, -0.2) is 32.1 Å². The standard InChI is InChI=1S/C24H22N2O3S2/c1-17-12-13-19(31(2,28)29)16-20(17)23(27)26(15-14-18-8-4-3-5-9-18)24-25-21-10-6-7-11-22(21)30-24/h3-13,16H,14-15H2,1-2H3. The van der Waals surface area contributed by atoms with Crippen LogP contribution in [0.2, 0.25) is 0 Å². The number of aryl methyl sites for hydroxylation is 1. The van der Waals surface area contributed by atoms with Gasteiger partial charge in [-0.2, -0.15) is 0 Å². The average molecular weight is 451 g/mol. The summed E-state index contributed by atoms with van der Waals surface area (Å²) in [5.41, 5.74) is 3.04. The number of sulfone groups is 1. The molecule has 1 amide bonds. The van der Waals surface area contributed by atoms with Crippen molar-refractivity contribution in [1.29, 1.82) is 0 Å². The summed E-state index contributed by atoms with van der Waals surface area (Å²) < 4.78 is 25.1. The van der Waals surface area contributed by atoms with Crippen molar-refractivity contribution in [3.8, 4) is 0 Å². The number of nitrogens with zero attached hydrogens (tertiary/aromatic N) is 2. The second-order valence-electron chi connectivity index (χ2n) is 7.41. The van der Waals surface area contributed by atoms with Crippen molar-refractivity contribution < 1.29 is 13.2 Å². The Labute approximate surface area is 185 Å². The van der Waals surface area contributed by atoms with Gasteiger partial charge >= 0.3 is 0 Å². The first kappa shape index (κ1) is 21.2. The maximum absolute atomic E-state index is 13.6. The van der Waals surface area contributed by atoms with Crippen LogP contribution in [0.5, 0.6) is 0 Å². The van der Waals surface area contributed by atoms with Crippen molar-refractivity contribution in [2.45, 2.75) is 18.2 Å². The third-order valence-corrected chi connectivity index (χ3v) is 7.26. The summed E-state index contributed by atoms with van der Waals surface area (Å²) in [7, 11) is -3.43. The van der Waals surface area contributed by atoms with Gasteiger partial charge in [0.05, 0.1) is 15.1 Å². The second-order valence-corrected chi connectivity index (χ2v) is 10.4. The first-order valence-corrected chi connectivity index (χ1v) is 12.6. The minimum absolute atomic E-state index is 0.133. The number of carbonyl (C=O) groups is 1. The number of carbonyl (C=O) groups excluding carboxylic acids is 1. The molecule has 4 rings (SSSR count). The molecule has 0 fully saturated rings. The smallest absolute Gasteiger partial charge is 0.260 e. The highest BCUT2D eigenvalue weighted by molar-refractivity contribution is 7.90. The first-order valence-electron chi connectivity index (χ1n) is 9.85. The number of anilines is 1. The van der Waals surface area contributed by atoms with Crippen LogP contribution < -0.4 is 4.90 Å². The van der Waals surface area contributed by atoms with Gasteiger partial charge in [0.25, 0.3) is 5.91 Å². The van der Waals surface area contributed by atoms with Crippen LogP contribution in [0.1, 0.15) is 21.5 Å². The van der Waals surface area contributed by atoms with Gasteiger partial charge in [-0.05, 0) is 48.7 Å². The van der Waals surface area contributed by atoms with E-state index in [1.807, 2.05) is 61.5 Å². The van der Waals surface area contributed by atoms with E-state index in [1.54, 1.807) is 11.0 Å². The van der Waals surface area contributed by atoms with E-state index in [-0.39, 0.29) is 10.8 Å². The number of fused-ring (bicyclic) bond motifs is 1. The summed E-state index contributed by atoms with van der Waals surface area (Å²) in [6, 6.07) is 22.4. The van der Waals surface area contributed by atoms with Gasteiger partial charge in [0, 0.05) is 18.4 Å². The molecule has 1 heterocycles. The van der Waals surface area contributed by atoms with Crippen LogP contribution in [0.25, 0.3) is 10.2 Å². The number of hydrogen-bond donors (Lipinski definition) is 0. The largest absolute Gasteiger partial charge is 0.284 e. The van der Waals surface area contributed by atoms with Gasteiger partial charge in [-0.15, -0.1) is 0 Å². The fourth-order valence-corrected chi connectivity index (χ4v) is 4.99. The van der Waals surface area contributed by atoms with Crippen LogP contribution in [0.4, 0.5) is 5.13 Å². The van der Waals surface area contributed by atoms with Crippen LogP contribution in [0, 0.1) is 6.92 Å². The molecule has 31 heavy (non-hydrogen) atoms. The molecule has 0 saturated carbocycles. The van der Waals surface area contributed by atoms with Crippen molar-refractivity contribution in [2.75, 3.05) is 17.7 Å². The molecule has 7 heteroatoms. The lowest BCUT2D eigenvalue weighted by atomic mass is 10.1. The van der Waals surface area contributed by atoms with Gasteiger partial charge in [-0.1, -0.05) is 59.9 Å². The summed E-state index contributed by atoms with van der Waals surface area (Å²) in [6.07, 6.45) is 1.81. The fraction of sp³-hybridized carbons (Fsp3) is 0.167. The Balaban J connectivity index is 1.75. The summed E-state index contributed by atoms with van der Waals surface area (Å²) in [5.74, 6) is -0.252. The maximum Gasteiger partial charge on any atom is 0.260 e. The lowest BCUT2D eigenvalue weighted by Gasteiger charge is -2.21. The molecule has 0 unspecified atom stereocenters. The fourth-order valence-electron chi connectivity index (χ4n) is 3.35. The molecule has 0 radical (unpaired) electrons. The molecular weight excluding hydrogens is 428 g/mol. The van der Waals surface area contributed by atoms with E-state index in [0.29, 0.717) is 23.7 Å². The highest BCUT2D eigenvalue weighted by Gasteiger charge is 2.24. The number of rotatable bonds is 6. The molecule has 0 bridgehead atoms. The monoisotopic (exact) mass is 450 g/mol. The van der Waals surface area contributed by atoms with Gasteiger partial charge in [-0.25, -0.2) is 13.4 Å². The molecule has 1 aromatic heterocycles. The Morgan fingerprint density at radius 2 is 1.71 bits per heavy atom. The number of amides is 1. The van der Waals surface area contributed by atoms with E-state index < -0.39 is 9.84 Å². The predicted octanol–water partition coefficient (Wildman–Crippen LogP) is 4.90. The number of thiazole rings is 1. The maximum atomic E-state index is 13.6. The normalized spacial score (nSPS) is 11.5. The molecular formula is C24H22N2O3S2. The van der Waals surface area contributed by atoms with Gasteiger partial charge in [0.1, 0.15) is 0 Å². The van der Waals surface area contributed by atoms with Gasteiger partial charge in [0.2, 0.25) is 0 Å². The number of aromatic nitrogens is 1. The summed E-state index contributed by atoms with van der Waals surface area (Å²) in [5, 5.41) is 0.603. The minimum Gasteiger partial charge on any atom is -0.284 e. The van der Waals surface area contributed by atoms with E-state index >= 15 is 0 Å². The quantitative estimate of drug-likeness (QED) is 0.419. The highest BCUT2D eigenvalue weighted by Crippen LogP contribution is 2.30. The highest BCUT2D eigenvalue weighted by atomic mass is 32.2. The molecule has 0 spiro atoms. The molecule has 0 aliphatic rings. The van der Waals surface area contributed by atoms with Crippen molar-refractivity contribution in [1.82, 2.24) is 4.98 Å². The molecule has 3 aromatic carbocycles. The number of hydrogen-bond acceptors (Lipinski definition) is 5. The predicted molar refractivity (Wildman–Crippen MR) is 126 cm³/mol. The molecule has 5 nitrogen and oxygen atoms in total. The lowest BCUT2D eigenvalue weighted by Crippen LogP contribution is -2.33. The average Bonchev–Trinajstić information content (AvgIpc) is 3.18. The lowest BCUT2D eigenvalue weighted by molar-refractivity contribution is 0.0986. The van der Waals surface area contributed by atoms with Gasteiger partial charge in [0.15, 0.2) is 15.0 Å². The van der Waals surface area contributed by atoms with Crippen molar-refractivity contribution in [2.24, 2.45) is 0 Å². The van der Waals surface area contributed by atoms with Crippen LogP contribution in [-0.2, 0) is 16.3 Å². The Hall–Kier alpha value is -3.03. The summed E-state index contributed by atoms with van der Waals surface area (Å²) in [6.45, 7) is 2.25. The van der Waals surface area contributed by atoms with Gasteiger partial charge < -0.3 is 0 Å². The third-order valence-electron chi connectivity index (χ3n) is 5.09. The molecule has 0 atom stereocenters. The summed E-state index contributed by atoms with van der Waals surface area (Å²) in [4.78, 5) is 20.1. The van der Waals surface area contributed by atoms with E-state index in [1.165, 1.54) is 23.5 Å². The number of para-hydroxylation sites is 1. The van der Waals surface area contributed by atoms with Crippen molar-refractivity contribution in [3.63, 3.8) is 0 Å². The molecule has 0 aliphatic heterocycles. The molecule has 0 saturated heterocycles. The van der Waals surface area contributed by atoms with E-state index in [0.717, 1.165) is 27.6 Å². The van der Waals surface area contributed by atoms with E-state index in [4.69, 9.17) is 0 Å². The molecule has 0 N–H and O–H groups in total. The zero-order valence-corrected chi connectivity index (χ0v) is 18.9. The second kappa shape index (κ2) is 8.61. The zero-order valence-electron chi connectivity index (χ0n) is 17.3. The summed E-state index contributed by atoms with van der Waals surface area (Å²) >= 11 is 1.45. The Kier molecular flexibility index (Phi) is 5.89. The van der Waals surface area contributed by atoms with Crippen molar-refractivity contribution >= 4 is 42.4 Å². The van der Waals surface area contributed by atoms with Gasteiger partial charge in [-0.3, -0.25) is 9.69 Å². The Morgan fingerprint density at radius 3 is 2.42 bits per heavy atom. The first-order chi connectivity index (χ1) is 14.8. The van der Waals surface area contributed by atoms with E-state index in [9.17, 15) is 13.2 Å². The van der Waals surface area contributed by atoms with Crippen LogP contribution >= 0.6 is 11.3 Å². The topological polar surface area (TPSA) is 67.3 Å². The van der Waals surface area contributed by atoms with E-state index in [2.05, 4.69) is 4.98 Å². The zero-order chi connectivity index (χ0) is 22.0. The minimum atomic E-state index is -3.43. The van der Waals surface area contributed by atoms with Crippen LogP contribution in [0.15, 0.2) is 77.7 Å². The Morgan fingerprint density at radius 1 is 1.00 bits per heavy atom. The molecule has 158 valence electrons. The van der Waals surface area contributed by atoms with Crippen molar-refractivity contribution in [3.05, 3.63) is 89.5 Å². The Bertz CT molecular complexity index is 1310.